The summed E-state index contributed by atoms with van der Waals surface area (Å²) >= 11 is 0. The van der Waals surface area contributed by atoms with Crippen LogP contribution in [0.5, 0.6) is 0 Å². The highest BCUT2D eigenvalue weighted by Gasteiger charge is 2.27. The Bertz CT molecular complexity index is 410. The summed E-state index contributed by atoms with van der Waals surface area (Å²) in [5.41, 5.74) is 1.41. The van der Waals surface area contributed by atoms with Crippen LogP contribution >= 0.6 is 0 Å². The van der Waals surface area contributed by atoms with E-state index in [4.69, 9.17) is 4.74 Å². The molecule has 2 rings (SSSR count). The van der Waals surface area contributed by atoms with Crippen LogP contribution < -0.4 is 5.19 Å². The monoisotopic (exact) mass is 277 g/mol. The SMILES string of the molecule is CC1OCCC1N(C)Cc1ccc([Si](C)(C)C)cc1. The van der Waals surface area contributed by atoms with Crippen LogP contribution in [-0.2, 0) is 11.3 Å². The normalized spacial score (nSPS) is 24.1. The summed E-state index contributed by atoms with van der Waals surface area (Å²) in [6.45, 7) is 11.3. The van der Waals surface area contributed by atoms with E-state index in [2.05, 4.69) is 62.8 Å². The van der Waals surface area contributed by atoms with Crippen LogP contribution in [0.25, 0.3) is 0 Å². The Labute approximate surface area is 118 Å². The lowest BCUT2D eigenvalue weighted by Gasteiger charge is -2.27. The number of rotatable bonds is 4. The van der Waals surface area contributed by atoms with E-state index < -0.39 is 8.07 Å². The molecule has 0 N–H and O–H groups in total. The summed E-state index contributed by atoms with van der Waals surface area (Å²) in [7, 11) is 1.04. The predicted octanol–water partition coefficient (Wildman–Crippen LogP) is 2.84. The molecular weight excluding hydrogens is 250 g/mol. The van der Waals surface area contributed by atoms with Crippen molar-refractivity contribution in [1.82, 2.24) is 4.90 Å². The van der Waals surface area contributed by atoms with Gasteiger partial charge in [-0.05, 0) is 26.0 Å². The van der Waals surface area contributed by atoms with Gasteiger partial charge >= 0.3 is 0 Å². The van der Waals surface area contributed by atoms with Crippen LogP contribution in [0.1, 0.15) is 18.9 Å². The molecule has 1 fully saturated rings. The molecule has 0 bridgehead atoms. The summed E-state index contributed by atoms with van der Waals surface area (Å²) < 4.78 is 5.65. The molecule has 2 unspecified atom stereocenters. The average molecular weight is 277 g/mol. The molecule has 1 saturated heterocycles. The first-order valence-electron chi connectivity index (χ1n) is 7.29. The highest BCUT2D eigenvalue weighted by molar-refractivity contribution is 6.88. The van der Waals surface area contributed by atoms with Crippen molar-refractivity contribution in [2.45, 2.75) is 51.7 Å². The fourth-order valence-electron chi connectivity index (χ4n) is 2.81. The van der Waals surface area contributed by atoms with Crippen molar-refractivity contribution in [3.05, 3.63) is 29.8 Å². The number of benzene rings is 1. The van der Waals surface area contributed by atoms with Crippen molar-refractivity contribution in [2.24, 2.45) is 0 Å². The fourth-order valence-corrected chi connectivity index (χ4v) is 3.98. The number of nitrogens with zero attached hydrogens (tertiary/aromatic N) is 1. The van der Waals surface area contributed by atoms with Crippen LogP contribution in [0.3, 0.4) is 0 Å². The van der Waals surface area contributed by atoms with Gasteiger partial charge in [-0.1, -0.05) is 49.1 Å². The molecule has 1 heterocycles. The van der Waals surface area contributed by atoms with E-state index in [1.165, 1.54) is 10.8 Å². The van der Waals surface area contributed by atoms with Gasteiger partial charge in [0.1, 0.15) is 0 Å². The standard InChI is InChI=1S/C16H27NOSi/c1-13-16(10-11-18-13)17(2)12-14-6-8-15(9-7-14)19(3,4)5/h6-9,13,16H,10-12H2,1-5H3. The zero-order chi connectivity index (χ0) is 14.0. The molecule has 1 aromatic carbocycles. The highest BCUT2D eigenvalue weighted by Crippen LogP contribution is 2.19. The molecule has 0 radical (unpaired) electrons. The quantitative estimate of drug-likeness (QED) is 0.785. The van der Waals surface area contributed by atoms with Gasteiger partial charge < -0.3 is 4.74 Å². The zero-order valence-corrected chi connectivity index (χ0v) is 13.9. The Morgan fingerprint density at radius 2 is 1.84 bits per heavy atom. The summed E-state index contributed by atoms with van der Waals surface area (Å²) in [5, 5.41) is 1.54. The van der Waals surface area contributed by atoms with Gasteiger partial charge in [-0.3, -0.25) is 4.90 Å². The van der Waals surface area contributed by atoms with Gasteiger partial charge in [0, 0.05) is 19.2 Å². The van der Waals surface area contributed by atoms with E-state index in [1.54, 1.807) is 0 Å². The molecule has 0 aromatic heterocycles. The second kappa shape index (κ2) is 5.78. The maximum Gasteiger partial charge on any atom is 0.0775 e. The van der Waals surface area contributed by atoms with Crippen LogP contribution in [-0.4, -0.2) is 38.8 Å². The van der Waals surface area contributed by atoms with Crippen LogP contribution in [0.4, 0.5) is 0 Å². The summed E-state index contributed by atoms with van der Waals surface area (Å²) in [5.74, 6) is 0. The van der Waals surface area contributed by atoms with E-state index in [-0.39, 0.29) is 0 Å². The Hall–Kier alpha value is -0.643. The Morgan fingerprint density at radius 1 is 1.21 bits per heavy atom. The van der Waals surface area contributed by atoms with Crippen molar-refractivity contribution in [1.29, 1.82) is 0 Å². The molecule has 19 heavy (non-hydrogen) atoms. The van der Waals surface area contributed by atoms with Crippen molar-refractivity contribution in [3.63, 3.8) is 0 Å². The Balaban J connectivity index is 1.99. The molecule has 0 spiro atoms. The van der Waals surface area contributed by atoms with Gasteiger partial charge in [0.05, 0.1) is 14.2 Å². The molecular formula is C16H27NOSi. The van der Waals surface area contributed by atoms with Crippen molar-refractivity contribution in [3.8, 4) is 0 Å². The van der Waals surface area contributed by atoms with Crippen molar-refractivity contribution < 1.29 is 4.74 Å². The van der Waals surface area contributed by atoms with E-state index >= 15 is 0 Å². The first kappa shape index (κ1) is 14.8. The third kappa shape index (κ3) is 3.68. The minimum absolute atomic E-state index is 0.367. The second-order valence-electron chi connectivity index (χ2n) is 6.79. The number of likely N-dealkylation sites (N-methyl/N-ethyl adjacent to an activating group) is 1. The topological polar surface area (TPSA) is 12.5 Å². The van der Waals surface area contributed by atoms with E-state index in [0.717, 1.165) is 19.6 Å². The van der Waals surface area contributed by atoms with Gasteiger partial charge in [0.25, 0.3) is 0 Å². The second-order valence-corrected chi connectivity index (χ2v) is 11.9. The zero-order valence-electron chi connectivity index (χ0n) is 12.9. The van der Waals surface area contributed by atoms with Crippen LogP contribution in [0, 0.1) is 0 Å². The lowest BCUT2D eigenvalue weighted by atomic mass is 10.1. The number of hydrogen-bond donors (Lipinski definition) is 0. The maximum absolute atomic E-state index is 5.65. The van der Waals surface area contributed by atoms with Crippen LogP contribution in [0.2, 0.25) is 19.6 Å². The fraction of sp³-hybridized carbons (Fsp3) is 0.625. The minimum Gasteiger partial charge on any atom is -0.377 e. The molecule has 1 aliphatic rings. The molecule has 1 aliphatic heterocycles. The Morgan fingerprint density at radius 3 is 2.32 bits per heavy atom. The third-order valence-electron chi connectivity index (χ3n) is 4.15. The predicted molar refractivity (Wildman–Crippen MR) is 84.7 cm³/mol. The molecule has 2 nitrogen and oxygen atoms in total. The van der Waals surface area contributed by atoms with Gasteiger partial charge in [-0.15, -0.1) is 0 Å². The lowest BCUT2D eigenvalue weighted by molar-refractivity contribution is 0.0814. The molecule has 0 aliphatic carbocycles. The molecule has 0 saturated carbocycles. The van der Waals surface area contributed by atoms with Crippen LogP contribution in [0.15, 0.2) is 24.3 Å². The first-order valence-corrected chi connectivity index (χ1v) is 10.8. The van der Waals surface area contributed by atoms with E-state index in [1.807, 2.05) is 0 Å². The number of hydrogen-bond acceptors (Lipinski definition) is 2. The third-order valence-corrected chi connectivity index (χ3v) is 6.22. The van der Waals surface area contributed by atoms with Gasteiger partial charge in [0.2, 0.25) is 0 Å². The molecule has 1 aromatic rings. The highest BCUT2D eigenvalue weighted by atomic mass is 28.3. The summed E-state index contributed by atoms with van der Waals surface area (Å²) in [6.07, 6.45) is 1.52. The Kier molecular flexibility index (Phi) is 4.49. The maximum atomic E-state index is 5.65. The molecule has 106 valence electrons. The van der Waals surface area contributed by atoms with E-state index in [0.29, 0.717) is 12.1 Å². The van der Waals surface area contributed by atoms with Gasteiger partial charge in [-0.2, -0.15) is 0 Å². The minimum atomic E-state index is -1.17. The molecule has 2 atom stereocenters. The van der Waals surface area contributed by atoms with E-state index in [9.17, 15) is 0 Å². The summed E-state index contributed by atoms with van der Waals surface area (Å²) in [6, 6.07) is 9.81. The van der Waals surface area contributed by atoms with Gasteiger partial charge in [0.15, 0.2) is 0 Å². The molecule has 3 heteroatoms. The largest absolute Gasteiger partial charge is 0.377 e. The molecule has 0 amide bonds. The smallest absolute Gasteiger partial charge is 0.0775 e. The summed E-state index contributed by atoms with van der Waals surface area (Å²) in [4.78, 5) is 2.43. The van der Waals surface area contributed by atoms with Crippen molar-refractivity contribution >= 4 is 13.3 Å². The average Bonchev–Trinajstić information content (AvgIpc) is 2.75. The lowest BCUT2D eigenvalue weighted by Crippen LogP contribution is -2.38. The first-order chi connectivity index (χ1) is 8.88. The number of ether oxygens (including phenoxy) is 1. The van der Waals surface area contributed by atoms with Crippen molar-refractivity contribution in [2.75, 3.05) is 13.7 Å². The van der Waals surface area contributed by atoms with Gasteiger partial charge in [-0.25, -0.2) is 0 Å².